The molecule has 25 heavy (non-hydrogen) atoms. The topological polar surface area (TPSA) is 62.2 Å². The van der Waals surface area contributed by atoms with Crippen LogP contribution in [0.3, 0.4) is 0 Å². The third kappa shape index (κ3) is 5.70. The molecule has 0 heterocycles. The van der Waals surface area contributed by atoms with Gasteiger partial charge in [0.2, 0.25) is 0 Å². The zero-order valence-electron chi connectivity index (χ0n) is 14.4. The summed E-state index contributed by atoms with van der Waals surface area (Å²) in [6, 6.07) is 12.8. The molecular formula is C19H24FNO4. The average Bonchev–Trinajstić information content (AvgIpc) is 2.62. The Morgan fingerprint density at radius 3 is 2.20 bits per heavy atom. The van der Waals surface area contributed by atoms with Crippen LogP contribution >= 0.6 is 0 Å². The second kappa shape index (κ2) is 9.36. The third-order valence-electron chi connectivity index (χ3n) is 3.96. The summed E-state index contributed by atoms with van der Waals surface area (Å²) in [4.78, 5) is 1.86. The lowest BCUT2D eigenvalue weighted by molar-refractivity contribution is 0.0500. The number of methoxy groups -OCH3 is 1. The van der Waals surface area contributed by atoms with E-state index in [2.05, 4.69) is 0 Å². The number of halogens is 1. The number of nitrogens with zero attached hydrogens (tertiary/aromatic N) is 1. The molecule has 2 N–H and O–H groups in total. The average molecular weight is 349 g/mol. The predicted octanol–water partition coefficient (Wildman–Crippen LogP) is 2.24. The molecule has 0 fully saturated rings. The highest BCUT2D eigenvalue weighted by molar-refractivity contribution is 5.29. The van der Waals surface area contributed by atoms with E-state index in [4.69, 9.17) is 9.47 Å². The minimum atomic E-state index is -0.748. The molecule has 0 unspecified atom stereocenters. The van der Waals surface area contributed by atoms with Gasteiger partial charge < -0.3 is 19.7 Å². The van der Waals surface area contributed by atoms with E-state index in [1.165, 1.54) is 24.3 Å². The maximum absolute atomic E-state index is 12.9. The summed E-state index contributed by atoms with van der Waals surface area (Å²) in [6.07, 6.45) is -0.748. The van der Waals surface area contributed by atoms with Crippen molar-refractivity contribution in [2.75, 3.05) is 33.9 Å². The number of hydrogen-bond donors (Lipinski definition) is 2. The van der Waals surface area contributed by atoms with Gasteiger partial charge in [0, 0.05) is 6.54 Å². The Kier molecular flexibility index (Phi) is 7.18. The number of likely N-dealkylation sites (N-methyl/N-ethyl adjacent to an activating group) is 1. The Morgan fingerprint density at radius 1 is 1.04 bits per heavy atom. The van der Waals surface area contributed by atoms with E-state index in [1.807, 2.05) is 36.2 Å². The summed E-state index contributed by atoms with van der Waals surface area (Å²) < 4.78 is 23.4. The molecule has 0 aliphatic rings. The van der Waals surface area contributed by atoms with Crippen LogP contribution in [0.1, 0.15) is 11.6 Å². The summed E-state index contributed by atoms with van der Waals surface area (Å²) >= 11 is 0. The van der Waals surface area contributed by atoms with E-state index in [-0.39, 0.29) is 25.1 Å². The fourth-order valence-electron chi connectivity index (χ4n) is 2.56. The predicted molar refractivity (Wildman–Crippen MR) is 93.4 cm³/mol. The van der Waals surface area contributed by atoms with Gasteiger partial charge in [0.15, 0.2) is 0 Å². The van der Waals surface area contributed by atoms with E-state index < -0.39 is 6.10 Å². The van der Waals surface area contributed by atoms with E-state index in [1.54, 1.807) is 7.11 Å². The maximum atomic E-state index is 12.9. The number of ether oxygens (including phenoxy) is 2. The Labute approximate surface area is 147 Å². The van der Waals surface area contributed by atoms with Gasteiger partial charge in [-0.1, -0.05) is 12.1 Å². The van der Waals surface area contributed by atoms with Gasteiger partial charge in [-0.3, -0.25) is 4.90 Å². The summed E-state index contributed by atoms with van der Waals surface area (Å²) in [6.45, 7) is 0.323. The molecule has 0 amide bonds. The first-order valence-corrected chi connectivity index (χ1v) is 8.05. The summed E-state index contributed by atoms with van der Waals surface area (Å²) in [5.74, 6) is 0.908. The van der Waals surface area contributed by atoms with E-state index in [0.29, 0.717) is 12.3 Å². The molecule has 0 bridgehead atoms. The number of hydrogen-bond acceptors (Lipinski definition) is 5. The van der Waals surface area contributed by atoms with Crippen molar-refractivity contribution in [1.29, 1.82) is 0 Å². The van der Waals surface area contributed by atoms with E-state index >= 15 is 0 Å². The van der Waals surface area contributed by atoms with Gasteiger partial charge in [0.05, 0.1) is 19.8 Å². The van der Waals surface area contributed by atoms with Gasteiger partial charge in [-0.2, -0.15) is 0 Å². The molecule has 0 aliphatic carbocycles. The molecule has 136 valence electrons. The third-order valence-corrected chi connectivity index (χ3v) is 3.96. The van der Waals surface area contributed by atoms with E-state index in [0.717, 1.165) is 11.3 Å². The van der Waals surface area contributed by atoms with Crippen molar-refractivity contribution in [2.45, 2.75) is 12.1 Å². The summed E-state index contributed by atoms with van der Waals surface area (Å²) in [5.41, 5.74) is 0.928. The molecule has 0 aliphatic heterocycles. The first-order valence-electron chi connectivity index (χ1n) is 8.05. The van der Waals surface area contributed by atoms with Gasteiger partial charge in [0.25, 0.3) is 0 Å². The molecule has 2 aromatic rings. The molecule has 0 spiro atoms. The number of aliphatic hydroxyl groups excluding tert-OH is 2. The van der Waals surface area contributed by atoms with Crippen molar-refractivity contribution in [2.24, 2.45) is 0 Å². The number of rotatable bonds is 9. The zero-order chi connectivity index (χ0) is 18.2. The van der Waals surface area contributed by atoms with Crippen molar-refractivity contribution in [3.63, 3.8) is 0 Å². The summed E-state index contributed by atoms with van der Waals surface area (Å²) in [7, 11) is 3.42. The molecule has 2 atom stereocenters. The van der Waals surface area contributed by atoms with Crippen LogP contribution in [0.25, 0.3) is 0 Å². The van der Waals surface area contributed by atoms with Crippen molar-refractivity contribution in [3.05, 3.63) is 59.9 Å². The molecule has 6 heteroatoms. The van der Waals surface area contributed by atoms with Crippen LogP contribution in [0.4, 0.5) is 4.39 Å². The highest BCUT2D eigenvalue weighted by Gasteiger charge is 2.19. The largest absolute Gasteiger partial charge is 0.497 e. The second-order valence-electron chi connectivity index (χ2n) is 5.83. The SMILES string of the molecule is COc1ccc([C@@H](CO)N(C)C[C@@H](O)COc2ccc(F)cc2)cc1. The standard InChI is InChI=1S/C19H24FNO4/c1-21(19(12-22)14-3-7-17(24-2)8-4-14)11-16(23)13-25-18-9-5-15(20)6-10-18/h3-10,16,19,22-23H,11-13H2,1-2H3/t16-,19-/m1/s1. The Balaban J connectivity index is 1.88. The van der Waals surface area contributed by atoms with Gasteiger partial charge in [0.1, 0.15) is 30.0 Å². The van der Waals surface area contributed by atoms with Crippen molar-refractivity contribution in [1.82, 2.24) is 4.90 Å². The quantitative estimate of drug-likeness (QED) is 0.727. The minimum absolute atomic E-state index is 0.0750. The molecule has 2 rings (SSSR count). The Hall–Kier alpha value is -2.15. The van der Waals surface area contributed by atoms with Gasteiger partial charge in [-0.25, -0.2) is 4.39 Å². The lowest BCUT2D eigenvalue weighted by Gasteiger charge is -2.28. The van der Waals surface area contributed by atoms with Crippen LogP contribution in [0.2, 0.25) is 0 Å². The van der Waals surface area contributed by atoms with Crippen molar-refractivity contribution >= 4 is 0 Å². The molecule has 0 radical (unpaired) electrons. The van der Waals surface area contributed by atoms with E-state index in [9.17, 15) is 14.6 Å². The Bertz CT molecular complexity index is 633. The van der Waals surface area contributed by atoms with Gasteiger partial charge in [-0.15, -0.1) is 0 Å². The Morgan fingerprint density at radius 2 is 1.64 bits per heavy atom. The van der Waals surface area contributed by atoms with Crippen LogP contribution < -0.4 is 9.47 Å². The van der Waals surface area contributed by atoms with Crippen LogP contribution in [-0.2, 0) is 0 Å². The molecule has 0 saturated carbocycles. The molecular weight excluding hydrogens is 325 g/mol. The van der Waals surface area contributed by atoms with Crippen LogP contribution in [0.15, 0.2) is 48.5 Å². The minimum Gasteiger partial charge on any atom is -0.497 e. The zero-order valence-corrected chi connectivity index (χ0v) is 14.4. The van der Waals surface area contributed by atoms with Crippen molar-refractivity contribution in [3.8, 4) is 11.5 Å². The molecule has 0 saturated heterocycles. The smallest absolute Gasteiger partial charge is 0.123 e. The van der Waals surface area contributed by atoms with Crippen molar-refractivity contribution < 1.29 is 24.1 Å². The maximum Gasteiger partial charge on any atom is 0.123 e. The van der Waals surface area contributed by atoms with Gasteiger partial charge >= 0.3 is 0 Å². The fraction of sp³-hybridized carbons (Fsp3) is 0.368. The number of aliphatic hydroxyl groups is 2. The highest BCUT2D eigenvalue weighted by atomic mass is 19.1. The second-order valence-corrected chi connectivity index (χ2v) is 5.83. The van der Waals surface area contributed by atoms with Crippen LogP contribution in [0.5, 0.6) is 11.5 Å². The van der Waals surface area contributed by atoms with Crippen LogP contribution in [-0.4, -0.2) is 55.1 Å². The normalized spacial score (nSPS) is 13.5. The molecule has 5 nitrogen and oxygen atoms in total. The summed E-state index contributed by atoms with van der Waals surface area (Å²) in [5, 5.41) is 19.9. The first kappa shape index (κ1) is 19.2. The number of benzene rings is 2. The lowest BCUT2D eigenvalue weighted by Crippen LogP contribution is -2.36. The fourth-order valence-corrected chi connectivity index (χ4v) is 2.56. The molecule has 2 aromatic carbocycles. The monoisotopic (exact) mass is 349 g/mol. The highest BCUT2D eigenvalue weighted by Crippen LogP contribution is 2.22. The van der Waals surface area contributed by atoms with Crippen LogP contribution in [0, 0.1) is 5.82 Å². The lowest BCUT2D eigenvalue weighted by atomic mass is 10.1. The first-order chi connectivity index (χ1) is 12.0. The van der Waals surface area contributed by atoms with Gasteiger partial charge in [-0.05, 0) is 49.0 Å². The molecule has 0 aromatic heterocycles.